The normalized spacial score (nSPS) is 13.0. The molecule has 8 heteroatoms. The third kappa shape index (κ3) is 2.63. The number of Topliss-reactive ketones (excluding diaryl/α,β-unsaturated/α-hetero) is 1. The molecule has 122 valence electrons. The standard InChI is InChI=1S/C16H16N6OS/c1-20-10-18-19-16(20)24-9-14(23)11(8-17)15-21(2)12-6-4-5-7-13(12)22(15)3/h4-7,10H,9H2,1-3H3. The number of benzene rings is 1. The maximum Gasteiger partial charge on any atom is 0.191 e. The second-order valence-electron chi connectivity index (χ2n) is 5.35. The van der Waals surface area contributed by atoms with Crippen LogP contribution in [-0.2, 0) is 11.8 Å². The second-order valence-corrected chi connectivity index (χ2v) is 6.30. The number of hydrogen-bond donors (Lipinski definition) is 0. The Kier molecular flexibility index (Phi) is 4.27. The van der Waals surface area contributed by atoms with Gasteiger partial charge in [-0.25, -0.2) is 0 Å². The number of allylic oxidation sites excluding steroid dienone is 1. The molecule has 1 aliphatic heterocycles. The predicted molar refractivity (Wildman–Crippen MR) is 92.6 cm³/mol. The molecule has 24 heavy (non-hydrogen) atoms. The van der Waals surface area contributed by atoms with E-state index in [1.807, 2.05) is 55.2 Å². The van der Waals surface area contributed by atoms with Gasteiger partial charge in [-0.05, 0) is 12.1 Å². The molecular formula is C16H16N6OS. The summed E-state index contributed by atoms with van der Waals surface area (Å²) >= 11 is 1.27. The first-order valence-corrected chi connectivity index (χ1v) is 8.24. The van der Waals surface area contributed by atoms with Crippen LogP contribution >= 0.6 is 11.8 Å². The molecule has 1 aromatic heterocycles. The zero-order valence-corrected chi connectivity index (χ0v) is 14.4. The first-order valence-electron chi connectivity index (χ1n) is 7.25. The Hall–Kier alpha value is -2.79. The van der Waals surface area contributed by atoms with Crippen molar-refractivity contribution < 1.29 is 4.79 Å². The highest BCUT2D eigenvalue weighted by molar-refractivity contribution is 7.99. The number of aromatic nitrogens is 3. The molecule has 1 aromatic carbocycles. The molecule has 0 saturated carbocycles. The largest absolute Gasteiger partial charge is 0.328 e. The zero-order valence-electron chi connectivity index (χ0n) is 13.6. The van der Waals surface area contributed by atoms with Gasteiger partial charge in [-0.15, -0.1) is 10.2 Å². The smallest absolute Gasteiger partial charge is 0.191 e. The van der Waals surface area contributed by atoms with Crippen molar-refractivity contribution in [2.24, 2.45) is 7.05 Å². The lowest BCUT2D eigenvalue weighted by molar-refractivity contribution is -0.112. The summed E-state index contributed by atoms with van der Waals surface area (Å²) in [6.07, 6.45) is 1.58. The van der Waals surface area contributed by atoms with E-state index in [0.29, 0.717) is 11.0 Å². The monoisotopic (exact) mass is 340 g/mol. The molecule has 0 fully saturated rings. The maximum absolute atomic E-state index is 12.6. The number of carbonyl (C=O) groups is 1. The Bertz CT molecular complexity index is 834. The minimum atomic E-state index is -0.230. The number of carbonyl (C=O) groups excluding carboxylic acids is 1. The molecule has 0 atom stereocenters. The summed E-state index contributed by atoms with van der Waals surface area (Å²) in [7, 11) is 5.53. The van der Waals surface area contributed by atoms with E-state index < -0.39 is 0 Å². The third-order valence-corrected chi connectivity index (χ3v) is 4.89. The van der Waals surface area contributed by atoms with E-state index in [1.54, 1.807) is 10.9 Å². The van der Waals surface area contributed by atoms with Crippen LogP contribution in [0.5, 0.6) is 0 Å². The number of aryl methyl sites for hydroxylation is 1. The van der Waals surface area contributed by atoms with Gasteiger partial charge in [0.15, 0.2) is 10.9 Å². The van der Waals surface area contributed by atoms with Gasteiger partial charge in [0, 0.05) is 21.1 Å². The van der Waals surface area contributed by atoms with Gasteiger partial charge in [-0.3, -0.25) is 4.79 Å². The van der Waals surface area contributed by atoms with Gasteiger partial charge in [0.1, 0.15) is 23.8 Å². The molecule has 0 aliphatic carbocycles. The van der Waals surface area contributed by atoms with Crippen LogP contribution in [0.1, 0.15) is 0 Å². The van der Waals surface area contributed by atoms with E-state index in [0.717, 1.165) is 11.4 Å². The Morgan fingerprint density at radius 3 is 2.33 bits per heavy atom. The summed E-state index contributed by atoms with van der Waals surface area (Å²) in [5, 5.41) is 17.9. The molecule has 0 radical (unpaired) electrons. The van der Waals surface area contributed by atoms with Gasteiger partial charge in [0.2, 0.25) is 0 Å². The molecule has 0 unspecified atom stereocenters. The molecule has 2 aromatic rings. The van der Waals surface area contributed by atoms with Crippen molar-refractivity contribution in [1.29, 1.82) is 5.26 Å². The summed E-state index contributed by atoms with van der Waals surface area (Å²) in [5.41, 5.74) is 2.08. The molecule has 0 bridgehead atoms. The molecule has 0 spiro atoms. The fourth-order valence-electron chi connectivity index (χ4n) is 2.66. The van der Waals surface area contributed by atoms with Crippen molar-refractivity contribution in [2.75, 3.05) is 29.6 Å². The molecule has 0 amide bonds. The van der Waals surface area contributed by atoms with E-state index in [1.165, 1.54) is 11.8 Å². The minimum Gasteiger partial charge on any atom is -0.328 e. The van der Waals surface area contributed by atoms with Crippen molar-refractivity contribution >= 4 is 28.9 Å². The minimum absolute atomic E-state index is 0.136. The van der Waals surface area contributed by atoms with Crippen LogP contribution in [0.15, 0.2) is 47.1 Å². The van der Waals surface area contributed by atoms with E-state index in [4.69, 9.17) is 0 Å². The molecule has 1 aliphatic rings. The van der Waals surface area contributed by atoms with Crippen LogP contribution in [-0.4, -0.2) is 40.4 Å². The lowest BCUT2D eigenvalue weighted by atomic mass is 10.2. The second kappa shape index (κ2) is 6.37. The van der Waals surface area contributed by atoms with Gasteiger partial charge in [-0.1, -0.05) is 23.9 Å². The van der Waals surface area contributed by atoms with Gasteiger partial charge in [0.05, 0.1) is 17.1 Å². The van der Waals surface area contributed by atoms with E-state index in [9.17, 15) is 10.1 Å². The molecule has 3 rings (SSSR count). The van der Waals surface area contributed by atoms with Crippen LogP contribution in [0.25, 0.3) is 0 Å². The van der Waals surface area contributed by atoms with Crippen LogP contribution < -0.4 is 9.80 Å². The predicted octanol–water partition coefficient (Wildman–Crippen LogP) is 1.80. The number of rotatable bonds is 4. The highest BCUT2D eigenvalue weighted by atomic mass is 32.2. The summed E-state index contributed by atoms with van der Waals surface area (Å²) < 4.78 is 1.74. The Balaban J connectivity index is 1.88. The van der Waals surface area contributed by atoms with Gasteiger partial charge in [0.25, 0.3) is 0 Å². The van der Waals surface area contributed by atoms with E-state index in [-0.39, 0.29) is 17.1 Å². The Labute approximate surface area is 144 Å². The summed E-state index contributed by atoms with van der Waals surface area (Å²) in [4.78, 5) is 16.3. The molecule has 0 saturated heterocycles. The Morgan fingerprint density at radius 2 is 1.83 bits per heavy atom. The van der Waals surface area contributed by atoms with E-state index >= 15 is 0 Å². The van der Waals surface area contributed by atoms with Crippen molar-refractivity contribution in [1.82, 2.24) is 14.8 Å². The van der Waals surface area contributed by atoms with Crippen molar-refractivity contribution in [3.63, 3.8) is 0 Å². The van der Waals surface area contributed by atoms with Crippen LogP contribution in [0, 0.1) is 11.3 Å². The first kappa shape index (κ1) is 16.1. The number of fused-ring (bicyclic) bond motifs is 1. The number of hydrogen-bond acceptors (Lipinski definition) is 7. The van der Waals surface area contributed by atoms with Crippen molar-refractivity contribution in [3.8, 4) is 6.07 Å². The lowest BCUT2D eigenvalue weighted by Crippen LogP contribution is -2.26. The summed E-state index contributed by atoms with van der Waals surface area (Å²) in [5.74, 6) is 0.506. The van der Waals surface area contributed by atoms with Gasteiger partial charge in [-0.2, -0.15) is 5.26 Å². The highest BCUT2D eigenvalue weighted by Gasteiger charge is 2.31. The number of nitriles is 1. The number of nitrogens with zero attached hydrogens (tertiary/aromatic N) is 6. The number of thioether (sulfide) groups is 1. The zero-order chi connectivity index (χ0) is 17.3. The van der Waals surface area contributed by atoms with E-state index in [2.05, 4.69) is 16.3 Å². The average molecular weight is 340 g/mol. The first-order chi connectivity index (χ1) is 11.5. The fourth-order valence-corrected chi connectivity index (χ4v) is 3.42. The average Bonchev–Trinajstić information content (AvgIpc) is 3.10. The van der Waals surface area contributed by atoms with Crippen LogP contribution in [0.2, 0.25) is 0 Å². The highest BCUT2D eigenvalue weighted by Crippen LogP contribution is 2.40. The lowest BCUT2D eigenvalue weighted by Gasteiger charge is -2.19. The molecule has 2 heterocycles. The number of anilines is 2. The molecule has 0 N–H and O–H groups in total. The summed E-state index contributed by atoms with van der Waals surface area (Å²) in [6, 6.07) is 9.87. The topological polar surface area (TPSA) is 78.0 Å². The van der Waals surface area contributed by atoms with Crippen molar-refractivity contribution in [2.45, 2.75) is 5.16 Å². The summed E-state index contributed by atoms with van der Waals surface area (Å²) in [6.45, 7) is 0. The third-order valence-electron chi connectivity index (χ3n) is 3.86. The molecule has 7 nitrogen and oxygen atoms in total. The van der Waals surface area contributed by atoms with Crippen molar-refractivity contribution in [3.05, 3.63) is 42.0 Å². The SMILES string of the molecule is CN1C(=C(C#N)C(=O)CSc2nncn2C)N(C)c2ccccc21. The fraction of sp³-hybridized carbons (Fsp3) is 0.250. The van der Waals surface area contributed by atoms with Gasteiger partial charge >= 0.3 is 0 Å². The number of para-hydroxylation sites is 2. The number of ketones is 1. The quantitative estimate of drug-likeness (QED) is 0.477. The Morgan fingerprint density at radius 1 is 1.21 bits per heavy atom. The van der Waals surface area contributed by atoms with Crippen LogP contribution in [0.3, 0.4) is 0 Å². The maximum atomic E-state index is 12.6. The van der Waals surface area contributed by atoms with Gasteiger partial charge < -0.3 is 14.4 Å². The van der Waals surface area contributed by atoms with Crippen LogP contribution in [0.4, 0.5) is 11.4 Å². The molecular weight excluding hydrogens is 324 g/mol.